The highest BCUT2D eigenvalue weighted by molar-refractivity contribution is 6.32. The summed E-state index contributed by atoms with van der Waals surface area (Å²) < 4.78 is 0. The molecule has 0 aliphatic rings. The van der Waals surface area contributed by atoms with Gasteiger partial charge >= 0.3 is 0 Å². The second-order valence-electron chi connectivity index (χ2n) is 4.33. The van der Waals surface area contributed by atoms with Gasteiger partial charge < -0.3 is 20.8 Å². The van der Waals surface area contributed by atoms with Gasteiger partial charge in [-0.25, -0.2) is 4.98 Å². The SMILES string of the molecule is NCc1nc(-c2ccc3[nH]c(=O)cc(O)c3c2)c(Cl)[nH]1. The van der Waals surface area contributed by atoms with Crippen LogP contribution >= 0.6 is 11.6 Å². The van der Waals surface area contributed by atoms with Gasteiger partial charge in [0.1, 0.15) is 22.4 Å². The van der Waals surface area contributed by atoms with Crippen molar-refractivity contribution in [2.24, 2.45) is 5.73 Å². The first-order chi connectivity index (χ1) is 9.58. The maximum atomic E-state index is 11.3. The summed E-state index contributed by atoms with van der Waals surface area (Å²) in [5.74, 6) is 0.493. The zero-order valence-corrected chi connectivity index (χ0v) is 11.0. The van der Waals surface area contributed by atoms with E-state index in [9.17, 15) is 9.90 Å². The summed E-state index contributed by atoms with van der Waals surface area (Å²) in [6.07, 6.45) is 0. The number of rotatable bonds is 2. The predicted molar refractivity (Wildman–Crippen MR) is 76.7 cm³/mol. The van der Waals surface area contributed by atoms with E-state index < -0.39 is 0 Å². The molecule has 20 heavy (non-hydrogen) atoms. The van der Waals surface area contributed by atoms with Gasteiger partial charge in [-0.2, -0.15) is 0 Å². The lowest BCUT2D eigenvalue weighted by molar-refractivity contribution is 0.480. The quantitative estimate of drug-likeness (QED) is 0.576. The van der Waals surface area contributed by atoms with Crippen molar-refractivity contribution in [2.75, 3.05) is 0 Å². The Hall–Kier alpha value is -2.31. The first-order valence-electron chi connectivity index (χ1n) is 5.89. The van der Waals surface area contributed by atoms with E-state index in [-0.39, 0.29) is 17.9 Å². The summed E-state index contributed by atoms with van der Waals surface area (Å²) in [4.78, 5) is 21.1. The zero-order valence-electron chi connectivity index (χ0n) is 10.3. The van der Waals surface area contributed by atoms with E-state index >= 15 is 0 Å². The first kappa shape index (κ1) is 12.7. The molecule has 1 aromatic carbocycles. The molecule has 0 atom stereocenters. The topological polar surface area (TPSA) is 108 Å². The van der Waals surface area contributed by atoms with Gasteiger partial charge in [-0.05, 0) is 12.1 Å². The number of aromatic nitrogens is 3. The van der Waals surface area contributed by atoms with Crippen molar-refractivity contribution in [1.82, 2.24) is 15.0 Å². The van der Waals surface area contributed by atoms with Crippen LogP contribution in [0.4, 0.5) is 0 Å². The molecule has 0 aliphatic carbocycles. The first-order valence-corrected chi connectivity index (χ1v) is 6.27. The van der Waals surface area contributed by atoms with Gasteiger partial charge in [0.15, 0.2) is 0 Å². The fraction of sp³-hybridized carbons (Fsp3) is 0.0769. The summed E-state index contributed by atoms with van der Waals surface area (Å²) in [5, 5.41) is 10.7. The van der Waals surface area contributed by atoms with E-state index in [1.54, 1.807) is 18.2 Å². The summed E-state index contributed by atoms with van der Waals surface area (Å²) in [7, 11) is 0. The summed E-state index contributed by atoms with van der Waals surface area (Å²) in [6, 6.07) is 6.30. The van der Waals surface area contributed by atoms with Crippen LogP contribution in [0.15, 0.2) is 29.1 Å². The number of hydrogen-bond donors (Lipinski definition) is 4. The van der Waals surface area contributed by atoms with E-state index in [0.29, 0.717) is 27.6 Å². The molecule has 0 saturated heterocycles. The zero-order chi connectivity index (χ0) is 14.3. The normalized spacial score (nSPS) is 11.1. The number of halogens is 1. The number of nitrogens with two attached hydrogens (primary N) is 1. The number of aromatic amines is 2. The maximum absolute atomic E-state index is 11.3. The van der Waals surface area contributed by atoms with Gasteiger partial charge in [0.2, 0.25) is 0 Å². The molecule has 0 fully saturated rings. The van der Waals surface area contributed by atoms with Crippen molar-refractivity contribution >= 4 is 22.5 Å². The molecule has 0 radical (unpaired) electrons. The molecule has 2 heterocycles. The van der Waals surface area contributed by atoms with Gasteiger partial charge in [-0.15, -0.1) is 0 Å². The van der Waals surface area contributed by atoms with Crippen LogP contribution in [0.25, 0.3) is 22.2 Å². The van der Waals surface area contributed by atoms with Gasteiger partial charge in [0, 0.05) is 17.0 Å². The third-order valence-electron chi connectivity index (χ3n) is 3.00. The lowest BCUT2D eigenvalue weighted by Gasteiger charge is -2.03. The van der Waals surface area contributed by atoms with Crippen LogP contribution in [0.1, 0.15) is 5.82 Å². The monoisotopic (exact) mass is 290 g/mol. The standard InChI is InChI=1S/C13H11ClN4O2/c14-13-12(17-10(5-15)18-13)6-1-2-8-7(3-6)9(19)4-11(20)16-8/h1-4H,5,15H2,(H,17,18)(H2,16,19,20). The Labute approximate surface area is 118 Å². The minimum Gasteiger partial charge on any atom is -0.507 e. The van der Waals surface area contributed by atoms with Gasteiger partial charge in [0.05, 0.1) is 12.1 Å². The number of benzene rings is 1. The van der Waals surface area contributed by atoms with E-state index in [0.717, 1.165) is 11.6 Å². The molecule has 0 unspecified atom stereocenters. The van der Waals surface area contributed by atoms with E-state index in [2.05, 4.69) is 15.0 Å². The summed E-state index contributed by atoms with van der Waals surface area (Å²) >= 11 is 6.08. The molecular formula is C13H11ClN4O2. The molecule has 3 aromatic rings. The highest BCUT2D eigenvalue weighted by atomic mass is 35.5. The maximum Gasteiger partial charge on any atom is 0.252 e. The fourth-order valence-electron chi connectivity index (χ4n) is 2.07. The van der Waals surface area contributed by atoms with Crippen LogP contribution in [0, 0.1) is 0 Å². The van der Waals surface area contributed by atoms with Crippen LogP contribution in [-0.4, -0.2) is 20.1 Å². The number of fused-ring (bicyclic) bond motifs is 1. The highest BCUT2D eigenvalue weighted by Crippen LogP contribution is 2.30. The number of nitrogens with one attached hydrogen (secondary N) is 2. The molecule has 2 aromatic heterocycles. The Kier molecular flexibility index (Phi) is 2.96. The third kappa shape index (κ3) is 2.04. The van der Waals surface area contributed by atoms with E-state index in [1.165, 1.54) is 0 Å². The lowest BCUT2D eigenvalue weighted by atomic mass is 10.1. The molecule has 102 valence electrons. The van der Waals surface area contributed by atoms with Gasteiger partial charge in [0.25, 0.3) is 5.56 Å². The van der Waals surface area contributed by atoms with Crippen LogP contribution in [0.5, 0.6) is 5.75 Å². The number of pyridine rings is 1. The van der Waals surface area contributed by atoms with E-state index in [1.807, 2.05) is 0 Å². The molecule has 0 spiro atoms. The molecule has 5 N–H and O–H groups in total. The Morgan fingerprint density at radius 1 is 1.30 bits per heavy atom. The fourth-order valence-corrected chi connectivity index (χ4v) is 2.33. The lowest BCUT2D eigenvalue weighted by Crippen LogP contribution is -2.02. The van der Waals surface area contributed by atoms with Crippen molar-refractivity contribution < 1.29 is 5.11 Å². The molecule has 7 heteroatoms. The summed E-state index contributed by atoms with van der Waals surface area (Å²) in [6.45, 7) is 0.256. The molecule has 6 nitrogen and oxygen atoms in total. The largest absolute Gasteiger partial charge is 0.507 e. The smallest absolute Gasteiger partial charge is 0.252 e. The van der Waals surface area contributed by atoms with Gasteiger partial charge in [-0.1, -0.05) is 17.7 Å². The Morgan fingerprint density at radius 2 is 2.10 bits per heavy atom. The Morgan fingerprint density at radius 3 is 2.80 bits per heavy atom. The van der Waals surface area contributed by atoms with Crippen LogP contribution in [-0.2, 0) is 6.54 Å². The number of hydrogen-bond acceptors (Lipinski definition) is 4. The number of imidazole rings is 1. The average Bonchev–Trinajstić information content (AvgIpc) is 2.79. The van der Waals surface area contributed by atoms with Crippen molar-refractivity contribution in [3.05, 3.63) is 45.6 Å². The van der Waals surface area contributed by atoms with E-state index in [4.69, 9.17) is 17.3 Å². The van der Waals surface area contributed by atoms with Crippen molar-refractivity contribution in [2.45, 2.75) is 6.54 Å². The Bertz CT molecular complexity index is 853. The number of H-pyrrole nitrogens is 2. The molecule has 3 rings (SSSR count). The third-order valence-corrected chi connectivity index (χ3v) is 3.27. The predicted octanol–water partition coefficient (Wildman–Crippen LogP) is 1.74. The highest BCUT2D eigenvalue weighted by Gasteiger charge is 2.11. The van der Waals surface area contributed by atoms with Crippen LogP contribution in [0.2, 0.25) is 5.15 Å². The Balaban J connectivity index is 2.22. The van der Waals surface area contributed by atoms with Crippen LogP contribution in [0.3, 0.4) is 0 Å². The molecular weight excluding hydrogens is 280 g/mol. The summed E-state index contributed by atoms with van der Waals surface area (Å²) in [5.41, 5.74) is 6.98. The van der Waals surface area contributed by atoms with Crippen molar-refractivity contribution in [3.63, 3.8) is 0 Å². The second-order valence-corrected chi connectivity index (χ2v) is 4.71. The van der Waals surface area contributed by atoms with Gasteiger partial charge in [-0.3, -0.25) is 4.79 Å². The molecule has 0 saturated carbocycles. The molecule has 0 aliphatic heterocycles. The molecule has 0 amide bonds. The van der Waals surface area contributed by atoms with Crippen molar-refractivity contribution in [1.29, 1.82) is 0 Å². The minimum absolute atomic E-state index is 0.0868. The number of aromatic hydroxyl groups is 1. The molecule has 0 bridgehead atoms. The van der Waals surface area contributed by atoms with Crippen molar-refractivity contribution in [3.8, 4) is 17.0 Å². The van der Waals surface area contributed by atoms with Crippen LogP contribution < -0.4 is 11.3 Å². The second kappa shape index (κ2) is 4.66. The average molecular weight is 291 g/mol. The minimum atomic E-state index is -0.356. The number of nitrogens with zero attached hydrogens (tertiary/aromatic N) is 1.